The lowest BCUT2D eigenvalue weighted by molar-refractivity contribution is 0.0971. The summed E-state index contributed by atoms with van der Waals surface area (Å²) in [6.07, 6.45) is 3.44. The van der Waals surface area contributed by atoms with Gasteiger partial charge in [-0.25, -0.2) is 8.42 Å². The lowest BCUT2D eigenvalue weighted by Crippen LogP contribution is -2.36. The third-order valence-electron chi connectivity index (χ3n) is 3.14. The Morgan fingerprint density at radius 2 is 2.29 bits per heavy atom. The molecule has 2 rings (SSSR count). The Hall–Kier alpha value is -1.17. The third-order valence-corrected chi connectivity index (χ3v) is 5.31. The van der Waals surface area contributed by atoms with E-state index in [4.69, 9.17) is 0 Å². The number of rotatable bonds is 3. The zero-order valence-electron chi connectivity index (χ0n) is 9.80. The quantitative estimate of drug-likeness (QED) is 0.758. The van der Waals surface area contributed by atoms with Crippen LogP contribution in [-0.4, -0.2) is 35.0 Å². The number of ketones is 1. The first kappa shape index (κ1) is 12.3. The minimum atomic E-state index is -3.26. The molecule has 1 unspecified atom stereocenters. The van der Waals surface area contributed by atoms with Gasteiger partial charge in [0.2, 0.25) is 0 Å². The fourth-order valence-electron chi connectivity index (χ4n) is 2.21. The Kier molecular flexibility index (Phi) is 3.33. The van der Waals surface area contributed by atoms with E-state index in [0.29, 0.717) is 25.1 Å². The van der Waals surface area contributed by atoms with E-state index in [9.17, 15) is 13.2 Å². The van der Waals surface area contributed by atoms with Gasteiger partial charge in [-0.3, -0.25) is 9.48 Å². The van der Waals surface area contributed by atoms with Gasteiger partial charge in [0.05, 0.1) is 5.75 Å². The van der Waals surface area contributed by atoms with Gasteiger partial charge < -0.3 is 0 Å². The van der Waals surface area contributed by atoms with Gasteiger partial charge in [0, 0.05) is 12.7 Å². The molecule has 17 heavy (non-hydrogen) atoms. The molecular weight excluding hydrogens is 240 g/mol. The van der Waals surface area contributed by atoms with Crippen LogP contribution in [0.1, 0.15) is 36.7 Å². The molecule has 1 atom stereocenters. The molecular formula is C11H16N2O3S. The van der Waals surface area contributed by atoms with E-state index in [1.165, 1.54) is 6.20 Å². The van der Waals surface area contributed by atoms with Crippen LogP contribution in [0.2, 0.25) is 0 Å². The van der Waals surface area contributed by atoms with E-state index in [1.807, 2.05) is 6.92 Å². The molecule has 1 aliphatic rings. The van der Waals surface area contributed by atoms with Gasteiger partial charge in [-0.2, -0.15) is 5.10 Å². The molecule has 1 aliphatic heterocycles. The van der Waals surface area contributed by atoms with Gasteiger partial charge in [0.15, 0.2) is 15.6 Å². The van der Waals surface area contributed by atoms with E-state index in [2.05, 4.69) is 5.10 Å². The number of sulfone groups is 1. The van der Waals surface area contributed by atoms with E-state index in [1.54, 1.807) is 10.7 Å². The topological polar surface area (TPSA) is 69.0 Å². The molecule has 1 aromatic rings. The van der Waals surface area contributed by atoms with Crippen molar-refractivity contribution in [1.29, 1.82) is 0 Å². The Bertz CT molecular complexity index is 519. The maximum Gasteiger partial charge on any atom is 0.198 e. The zero-order chi connectivity index (χ0) is 12.5. The van der Waals surface area contributed by atoms with Crippen LogP contribution in [0.15, 0.2) is 12.3 Å². The summed E-state index contributed by atoms with van der Waals surface area (Å²) in [7, 11) is -3.26. The molecule has 1 saturated heterocycles. The molecule has 1 fully saturated rings. The van der Waals surface area contributed by atoms with Crippen molar-refractivity contribution in [3.05, 3.63) is 18.0 Å². The Labute approximate surface area is 101 Å². The average Bonchev–Trinajstić information content (AvgIpc) is 2.75. The molecule has 0 spiro atoms. The van der Waals surface area contributed by atoms with Gasteiger partial charge in [-0.05, 0) is 25.8 Å². The predicted molar refractivity (Wildman–Crippen MR) is 63.7 cm³/mol. The second-order valence-corrected chi connectivity index (χ2v) is 6.55. The summed E-state index contributed by atoms with van der Waals surface area (Å²) in [6, 6.07) is 1.59. The second-order valence-electron chi connectivity index (χ2n) is 4.25. The lowest BCUT2D eigenvalue weighted by Gasteiger charge is -2.21. The summed E-state index contributed by atoms with van der Waals surface area (Å²) >= 11 is 0. The molecule has 0 saturated carbocycles. The molecule has 1 aromatic heterocycles. The van der Waals surface area contributed by atoms with Crippen molar-refractivity contribution in [3.63, 3.8) is 0 Å². The molecule has 0 amide bonds. The Morgan fingerprint density at radius 1 is 1.53 bits per heavy atom. The van der Waals surface area contributed by atoms with E-state index in [0.717, 1.165) is 6.42 Å². The van der Waals surface area contributed by atoms with Crippen LogP contribution < -0.4 is 0 Å². The van der Waals surface area contributed by atoms with Crippen molar-refractivity contribution >= 4 is 15.6 Å². The zero-order valence-corrected chi connectivity index (χ0v) is 10.6. The highest BCUT2D eigenvalue weighted by Gasteiger charge is 2.36. The highest BCUT2D eigenvalue weighted by atomic mass is 32.2. The fourth-order valence-corrected chi connectivity index (χ4v) is 4.07. The minimum absolute atomic E-state index is 0.129. The summed E-state index contributed by atoms with van der Waals surface area (Å²) in [5.41, 5.74) is 0.406. The van der Waals surface area contributed by atoms with Crippen molar-refractivity contribution in [1.82, 2.24) is 9.78 Å². The first-order valence-corrected chi connectivity index (χ1v) is 7.55. The fraction of sp³-hybridized carbons (Fsp3) is 0.636. The van der Waals surface area contributed by atoms with Crippen molar-refractivity contribution in [2.75, 3.05) is 5.75 Å². The molecule has 5 nitrogen and oxygen atoms in total. The van der Waals surface area contributed by atoms with Gasteiger partial charge in [-0.15, -0.1) is 0 Å². The molecule has 0 bridgehead atoms. The van der Waals surface area contributed by atoms with E-state index >= 15 is 0 Å². The standard InChI is InChI=1S/C11H16N2O3S/c1-2-13-9(6-7-12-13)11(14)10-5-3-4-8-17(10,15)16/h6-7,10H,2-5,8H2,1H3. The number of aromatic nitrogens is 2. The van der Waals surface area contributed by atoms with E-state index < -0.39 is 15.1 Å². The maximum atomic E-state index is 12.2. The van der Waals surface area contributed by atoms with Crippen molar-refractivity contribution in [2.24, 2.45) is 0 Å². The molecule has 0 N–H and O–H groups in total. The highest BCUT2D eigenvalue weighted by Crippen LogP contribution is 2.23. The van der Waals surface area contributed by atoms with Gasteiger partial charge >= 0.3 is 0 Å². The Balaban J connectivity index is 2.31. The molecule has 94 valence electrons. The molecule has 0 radical (unpaired) electrons. The SMILES string of the molecule is CCn1nccc1C(=O)C1CCCCS1(=O)=O. The normalized spacial score (nSPS) is 23.5. The number of Topliss-reactive ketones (excluding diaryl/α,β-unsaturated/α-hetero) is 1. The van der Waals surface area contributed by atoms with Crippen molar-refractivity contribution in [3.8, 4) is 0 Å². The predicted octanol–water partition coefficient (Wildman–Crippen LogP) is 1.05. The summed E-state index contributed by atoms with van der Waals surface area (Å²) in [5.74, 6) is -0.173. The van der Waals surface area contributed by atoms with Gasteiger partial charge in [-0.1, -0.05) is 6.42 Å². The van der Waals surface area contributed by atoms with Crippen LogP contribution in [0.25, 0.3) is 0 Å². The first-order valence-electron chi connectivity index (χ1n) is 5.84. The number of nitrogens with zero attached hydrogens (tertiary/aromatic N) is 2. The van der Waals surface area contributed by atoms with Crippen LogP contribution in [-0.2, 0) is 16.4 Å². The Morgan fingerprint density at radius 3 is 2.94 bits per heavy atom. The number of hydrogen-bond acceptors (Lipinski definition) is 4. The second kappa shape index (κ2) is 4.60. The molecule has 0 aromatic carbocycles. The minimum Gasteiger partial charge on any atom is -0.291 e. The number of aryl methyl sites for hydroxylation is 1. The summed E-state index contributed by atoms with van der Waals surface area (Å²) < 4.78 is 25.3. The first-order chi connectivity index (χ1) is 8.06. The molecule has 2 heterocycles. The summed E-state index contributed by atoms with van der Waals surface area (Å²) in [4.78, 5) is 12.2. The van der Waals surface area contributed by atoms with Crippen LogP contribution in [0.3, 0.4) is 0 Å². The summed E-state index contributed by atoms with van der Waals surface area (Å²) in [6.45, 7) is 2.44. The summed E-state index contributed by atoms with van der Waals surface area (Å²) in [5, 5.41) is 3.14. The molecule has 6 heteroatoms. The highest BCUT2D eigenvalue weighted by molar-refractivity contribution is 7.92. The monoisotopic (exact) mass is 256 g/mol. The van der Waals surface area contributed by atoms with Crippen LogP contribution in [0.5, 0.6) is 0 Å². The number of carbonyl (C=O) groups is 1. The number of hydrogen-bond donors (Lipinski definition) is 0. The smallest absolute Gasteiger partial charge is 0.198 e. The number of carbonyl (C=O) groups excluding carboxylic acids is 1. The lowest BCUT2D eigenvalue weighted by atomic mass is 10.1. The van der Waals surface area contributed by atoms with Gasteiger partial charge in [0.1, 0.15) is 10.9 Å². The van der Waals surface area contributed by atoms with Crippen molar-refractivity contribution < 1.29 is 13.2 Å². The molecule has 0 aliphatic carbocycles. The van der Waals surface area contributed by atoms with E-state index in [-0.39, 0.29) is 11.5 Å². The maximum absolute atomic E-state index is 12.2. The van der Waals surface area contributed by atoms with Crippen LogP contribution in [0, 0.1) is 0 Å². The van der Waals surface area contributed by atoms with Crippen LogP contribution >= 0.6 is 0 Å². The van der Waals surface area contributed by atoms with Crippen molar-refractivity contribution in [2.45, 2.75) is 38.0 Å². The van der Waals surface area contributed by atoms with Gasteiger partial charge in [0.25, 0.3) is 0 Å². The average molecular weight is 256 g/mol. The third kappa shape index (κ3) is 2.26. The van der Waals surface area contributed by atoms with Crippen LogP contribution in [0.4, 0.5) is 0 Å². The largest absolute Gasteiger partial charge is 0.291 e.